The van der Waals surface area contributed by atoms with Crippen LogP contribution < -0.4 is 0 Å². The zero-order chi connectivity index (χ0) is 10.1. The van der Waals surface area contributed by atoms with Crippen LogP contribution in [0.2, 0.25) is 10.0 Å². The zero-order valence-corrected chi connectivity index (χ0v) is 8.57. The maximum Gasteiger partial charge on any atom is 0.269 e. The smallest absolute Gasteiger partial charge is 0.269 e. The van der Waals surface area contributed by atoms with Crippen molar-refractivity contribution >= 4 is 33.3 Å². The maximum atomic E-state index is 10.5. The van der Waals surface area contributed by atoms with Crippen molar-refractivity contribution in [1.29, 1.82) is 0 Å². The van der Waals surface area contributed by atoms with Crippen LogP contribution in [0.15, 0.2) is 12.4 Å². The summed E-state index contributed by atoms with van der Waals surface area (Å²) < 4.78 is 29.6. The normalized spacial score (nSPS) is 11.6. The number of halogens is 2. The van der Waals surface area contributed by atoms with Crippen molar-refractivity contribution in [2.24, 2.45) is 0 Å². The van der Waals surface area contributed by atoms with Gasteiger partial charge in [0, 0.05) is 18.0 Å². The molecule has 1 rings (SSSR count). The van der Waals surface area contributed by atoms with Gasteiger partial charge in [-0.15, -0.1) is 0 Å². The Hall–Kier alpha value is -0.360. The molecule has 0 unspecified atom stereocenters. The molecule has 1 aromatic rings. The van der Waals surface area contributed by atoms with Crippen molar-refractivity contribution in [1.82, 2.24) is 4.98 Å². The average Bonchev–Trinajstić information content (AvgIpc) is 1.95. The van der Waals surface area contributed by atoms with E-state index in [1.54, 1.807) is 0 Å². The summed E-state index contributed by atoms with van der Waals surface area (Å²) in [6.07, 6.45) is 2.52. The van der Waals surface area contributed by atoms with Crippen LogP contribution in [-0.2, 0) is 15.9 Å². The van der Waals surface area contributed by atoms with Gasteiger partial charge < -0.3 is 0 Å². The molecule has 0 radical (unpaired) electrons. The lowest BCUT2D eigenvalue weighted by Gasteiger charge is -2.02. The topological polar surface area (TPSA) is 67.3 Å². The number of rotatable bonds is 2. The van der Waals surface area contributed by atoms with Crippen LogP contribution in [-0.4, -0.2) is 18.0 Å². The van der Waals surface area contributed by atoms with Gasteiger partial charge in [-0.25, -0.2) is 0 Å². The highest BCUT2D eigenvalue weighted by atomic mass is 35.5. The molecule has 4 nitrogen and oxygen atoms in total. The van der Waals surface area contributed by atoms with Crippen LogP contribution in [0.25, 0.3) is 0 Å². The van der Waals surface area contributed by atoms with E-state index in [0.29, 0.717) is 0 Å². The van der Waals surface area contributed by atoms with Gasteiger partial charge in [-0.2, -0.15) is 8.42 Å². The van der Waals surface area contributed by atoms with E-state index >= 15 is 0 Å². The molecule has 0 fully saturated rings. The van der Waals surface area contributed by atoms with Crippen LogP contribution in [0.5, 0.6) is 0 Å². The van der Waals surface area contributed by atoms with Gasteiger partial charge in [0.25, 0.3) is 10.1 Å². The Bertz CT molecular complexity index is 398. The Kier molecular flexibility index (Phi) is 3.13. The van der Waals surface area contributed by atoms with Crippen molar-refractivity contribution in [3.63, 3.8) is 0 Å². The SMILES string of the molecule is O=S(=O)(O)Cc1c(Cl)cncc1Cl. The molecule has 0 spiro atoms. The highest BCUT2D eigenvalue weighted by Gasteiger charge is 2.13. The van der Waals surface area contributed by atoms with E-state index in [0.717, 1.165) is 0 Å². The fourth-order valence-electron chi connectivity index (χ4n) is 0.758. The van der Waals surface area contributed by atoms with Gasteiger partial charge in [0.05, 0.1) is 10.0 Å². The van der Waals surface area contributed by atoms with Gasteiger partial charge >= 0.3 is 0 Å². The van der Waals surface area contributed by atoms with E-state index in [-0.39, 0.29) is 15.6 Å². The minimum absolute atomic E-state index is 0.116. The lowest BCUT2D eigenvalue weighted by molar-refractivity contribution is 0.482. The van der Waals surface area contributed by atoms with Gasteiger partial charge in [0.2, 0.25) is 0 Å². The number of pyridine rings is 1. The molecule has 72 valence electrons. The summed E-state index contributed by atoms with van der Waals surface area (Å²) in [6.45, 7) is 0. The van der Waals surface area contributed by atoms with E-state index in [4.69, 9.17) is 27.8 Å². The molecule has 1 aromatic heterocycles. The summed E-state index contributed by atoms with van der Waals surface area (Å²) in [5, 5.41) is 0.232. The molecule has 1 heterocycles. The molecule has 0 aliphatic rings. The van der Waals surface area contributed by atoms with E-state index in [1.165, 1.54) is 12.4 Å². The third kappa shape index (κ3) is 3.11. The second-order valence-electron chi connectivity index (χ2n) is 2.31. The fourth-order valence-corrected chi connectivity index (χ4v) is 2.09. The molecule has 7 heteroatoms. The zero-order valence-electron chi connectivity index (χ0n) is 6.24. The van der Waals surface area contributed by atoms with Crippen LogP contribution in [0, 0.1) is 0 Å². The van der Waals surface area contributed by atoms with E-state index in [9.17, 15) is 8.42 Å². The lowest BCUT2D eigenvalue weighted by Crippen LogP contribution is -2.03. The highest BCUT2D eigenvalue weighted by Crippen LogP contribution is 2.24. The monoisotopic (exact) mass is 241 g/mol. The van der Waals surface area contributed by atoms with Crippen molar-refractivity contribution in [2.75, 3.05) is 0 Å². The summed E-state index contributed by atoms with van der Waals surface area (Å²) >= 11 is 11.2. The lowest BCUT2D eigenvalue weighted by atomic mass is 10.3. The van der Waals surface area contributed by atoms with Crippen LogP contribution in [0.3, 0.4) is 0 Å². The number of nitrogens with zero attached hydrogens (tertiary/aromatic N) is 1. The maximum absolute atomic E-state index is 10.5. The first-order chi connectivity index (χ1) is 5.90. The number of hydrogen-bond acceptors (Lipinski definition) is 3. The second kappa shape index (κ2) is 3.79. The minimum Gasteiger partial charge on any atom is -0.285 e. The first-order valence-electron chi connectivity index (χ1n) is 3.13. The van der Waals surface area contributed by atoms with Gasteiger partial charge in [-0.05, 0) is 0 Å². The highest BCUT2D eigenvalue weighted by molar-refractivity contribution is 7.85. The minimum atomic E-state index is -4.12. The molecule has 0 bridgehead atoms. The Morgan fingerprint density at radius 3 is 2.15 bits per heavy atom. The van der Waals surface area contributed by atoms with E-state index in [2.05, 4.69) is 4.98 Å². The van der Waals surface area contributed by atoms with Crippen molar-refractivity contribution in [3.8, 4) is 0 Å². The van der Waals surface area contributed by atoms with Crippen LogP contribution in [0.1, 0.15) is 5.56 Å². The quantitative estimate of drug-likeness (QED) is 0.802. The first-order valence-corrected chi connectivity index (χ1v) is 5.49. The van der Waals surface area contributed by atoms with Crippen molar-refractivity contribution in [3.05, 3.63) is 28.0 Å². The Labute approximate surface area is 85.3 Å². The van der Waals surface area contributed by atoms with E-state index in [1.807, 2.05) is 0 Å². The van der Waals surface area contributed by atoms with Gasteiger partial charge in [-0.1, -0.05) is 23.2 Å². The third-order valence-electron chi connectivity index (χ3n) is 1.28. The van der Waals surface area contributed by atoms with Crippen molar-refractivity contribution < 1.29 is 13.0 Å². The largest absolute Gasteiger partial charge is 0.285 e. The summed E-state index contributed by atoms with van der Waals surface area (Å²) in [5.74, 6) is -0.604. The predicted molar refractivity (Wildman–Crippen MR) is 49.5 cm³/mol. The Morgan fingerprint density at radius 2 is 1.77 bits per heavy atom. The third-order valence-corrected chi connectivity index (χ3v) is 2.58. The molecule has 0 saturated heterocycles. The second-order valence-corrected chi connectivity index (χ2v) is 4.57. The number of hydrogen-bond donors (Lipinski definition) is 1. The molecule has 0 saturated carbocycles. The molecular formula is C6H5Cl2NO3S. The summed E-state index contributed by atoms with van der Waals surface area (Å²) in [7, 11) is -4.12. The molecular weight excluding hydrogens is 237 g/mol. The van der Waals surface area contributed by atoms with Crippen LogP contribution >= 0.6 is 23.2 Å². The van der Waals surface area contributed by atoms with Gasteiger partial charge in [-0.3, -0.25) is 9.54 Å². The molecule has 0 aromatic carbocycles. The van der Waals surface area contributed by atoms with Gasteiger partial charge in [0.15, 0.2) is 0 Å². The average molecular weight is 242 g/mol. The molecule has 0 amide bonds. The standard InChI is InChI=1S/C6H5Cl2NO3S/c7-5-1-9-2-6(8)4(5)3-13(10,11)12/h1-2H,3H2,(H,10,11,12). The first kappa shape index (κ1) is 10.7. The molecule has 1 N–H and O–H groups in total. The summed E-state index contributed by atoms with van der Waals surface area (Å²) in [5.41, 5.74) is 0.154. The molecule has 13 heavy (non-hydrogen) atoms. The number of aromatic nitrogens is 1. The summed E-state index contributed by atoms with van der Waals surface area (Å²) in [6, 6.07) is 0. The van der Waals surface area contributed by atoms with Crippen molar-refractivity contribution in [2.45, 2.75) is 5.75 Å². The van der Waals surface area contributed by atoms with E-state index < -0.39 is 15.9 Å². The van der Waals surface area contributed by atoms with Gasteiger partial charge in [0.1, 0.15) is 5.75 Å². The molecule has 0 atom stereocenters. The molecule has 0 aliphatic heterocycles. The fraction of sp³-hybridized carbons (Fsp3) is 0.167. The Morgan fingerprint density at radius 1 is 1.31 bits per heavy atom. The molecule has 0 aliphatic carbocycles. The summed E-state index contributed by atoms with van der Waals surface area (Å²) in [4.78, 5) is 3.63. The van der Waals surface area contributed by atoms with Crippen LogP contribution in [0.4, 0.5) is 0 Å². The Balaban J connectivity index is 3.15. The predicted octanol–water partition coefficient (Wildman–Crippen LogP) is 1.78.